The molecule has 0 aromatic heterocycles. The maximum Gasteiger partial charge on any atom is 0.226 e. The van der Waals surface area contributed by atoms with Gasteiger partial charge in [0, 0.05) is 18.5 Å². The minimum atomic E-state index is -0.220. The van der Waals surface area contributed by atoms with Gasteiger partial charge in [-0.05, 0) is 85.6 Å². The first kappa shape index (κ1) is 20.8. The molecule has 4 saturated carbocycles. The highest BCUT2D eigenvalue weighted by molar-refractivity contribution is 6.17. The van der Waals surface area contributed by atoms with Crippen LogP contribution < -0.4 is 10.6 Å². The topological polar surface area (TPSA) is 41.1 Å². The van der Waals surface area contributed by atoms with Crippen LogP contribution in [0.25, 0.3) is 0 Å². The van der Waals surface area contributed by atoms with Crippen molar-refractivity contribution in [2.24, 2.45) is 22.2 Å². The zero-order valence-corrected chi connectivity index (χ0v) is 19.4. The SMILES string of the molecule is CC1(C)CNCCC1NC(=O)C12CC3C[C@@](CCCl)(C1)C[C@](c1ccccc1)(C3)C2. The summed E-state index contributed by atoms with van der Waals surface area (Å²) in [4.78, 5) is 14.0. The van der Waals surface area contributed by atoms with E-state index in [2.05, 4.69) is 54.8 Å². The van der Waals surface area contributed by atoms with E-state index >= 15 is 0 Å². The predicted molar refractivity (Wildman–Crippen MR) is 123 cm³/mol. The van der Waals surface area contributed by atoms with E-state index in [9.17, 15) is 4.79 Å². The predicted octanol–water partition coefficient (Wildman–Crippen LogP) is 5.03. The number of carbonyl (C=O) groups excluding carboxylic acids is 1. The van der Waals surface area contributed by atoms with Crippen molar-refractivity contribution in [1.29, 1.82) is 0 Å². The Kier molecular flexibility index (Phi) is 5.02. The number of amides is 1. The first-order valence-corrected chi connectivity index (χ1v) is 12.5. The van der Waals surface area contributed by atoms with Crippen molar-refractivity contribution in [2.75, 3.05) is 19.0 Å². The fourth-order valence-corrected chi connectivity index (χ4v) is 8.63. The summed E-state index contributed by atoms with van der Waals surface area (Å²) in [7, 11) is 0. The van der Waals surface area contributed by atoms with Crippen LogP contribution in [0.1, 0.15) is 70.8 Å². The van der Waals surface area contributed by atoms with Gasteiger partial charge < -0.3 is 10.6 Å². The Labute approximate surface area is 186 Å². The molecular weight excluding hydrogens is 392 g/mol. The van der Waals surface area contributed by atoms with E-state index < -0.39 is 0 Å². The highest BCUT2D eigenvalue weighted by Gasteiger charge is 2.65. The molecule has 5 aliphatic rings. The van der Waals surface area contributed by atoms with Gasteiger partial charge in [0.2, 0.25) is 5.91 Å². The van der Waals surface area contributed by atoms with Crippen LogP contribution >= 0.6 is 11.6 Å². The summed E-state index contributed by atoms with van der Waals surface area (Å²) in [5, 5.41) is 7.08. The van der Waals surface area contributed by atoms with Crippen LogP contribution in [0, 0.1) is 22.2 Å². The lowest BCUT2D eigenvalue weighted by Gasteiger charge is -2.66. The number of nitrogens with one attached hydrogen (secondary N) is 2. The van der Waals surface area contributed by atoms with E-state index in [0.717, 1.165) is 45.2 Å². The average Bonchev–Trinajstić information content (AvgIpc) is 2.69. The van der Waals surface area contributed by atoms with Crippen molar-refractivity contribution in [1.82, 2.24) is 10.6 Å². The first-order chi connectivity index (χ1) is 14.3. The fraction of sp³-hybridized carbons (Fsp3) is 0.731. The molecule has 4 aliphatic carbocycles. The second-order valence-electron chi connectivity index (χ2n) is 11.9. The monoisotopic (exact) mass is 428 g/mol. The van der Waals surface area contributed by atoms with Gasteiger partial charge in [0.05, 0.1) is 5.41 Å². The molecule has 1 heterocycles. The maximum atomic E-state index is 14.0. The fourth-order valence-electron chi connectivity index (χ4n) is 8.23. The summed E-state index contributed by atoms with van der Waals surface area (Å²) < 4.78 is 0. The number of piperidine rings is 1. The zero-order chi connectivity index (χ0) is 21.0. The summed E-state index contributed by atoms with van der Waals surface area (Å²) in [6, 6.07) is 11.3. The molecule has 3 nitrogen and oxygen atoms in total. The van der Waals surface area contributed by atoms with Gasteiger partial charge in [-0.1, -0.05) is 44.2 Å². The van der Waals surface area contributed by atoms with Crippen LogP contribution in [0.5, 0.6) is 0 Å². The van der Waals surface area contributed by atoms with Gasteiger partial charge in [0.1, 0.15) is 0 Å². The van der Waals surface area contributed by atoms with Gasteiger partial charge in [-0.2, -0.15) is 0 Å². The molecule has 3 unspecified atom stereocenters. The Balaban J connectivity index is 1.49. The van der Waals surface area contributed by atoms with E-state index in [1.807, 2.05) is 0 Å². The van der Waals surface area contributed by atoms with Crippen molar-refractivity contribution in [3.8, 4) is 0 Å². The Hall–Kier alpha value is -1.06. The Morgan fingerprint density at radius 2 is 1.93 bits per heavy atom. The van der Waals surface area contributed by atoms with Crippen molar-refractivity contribution < 1.29 is 4.79 Å². The molecule has 4 bridgehead atoms. The van der Waals surface area contributed by atoms with Crippen molar-refractivity contribution in [3.63, 3.8) is 0 Å². The van der Waals surface area contributed by atoms with Crippen LogP contribution in [-0.2, 0) is 10.2 Å². The Morgan fingerprint density at radius 3 is 2.67 bits per heavy atom. The molecule has 1 aliphatic heterocycles. The standard InChI is InChI=1S/C26H37ClN2O/c1-23(2)18-28-11-8-21(23)29-22(30)26-14-19-12-24(16-26,9-10-27)15-25(13-19,17-26)20-6-4-3-5-7-20/h3-7,19,21,28H,8-18H2,1-2H3,(H,29,30)/t19?,21?,24-,25-,26?/m1/s1. The molecule has 5 fully saturated rings. The summed E-state index contributed by atoms with van der Waals surface area (Å²) in [5.74, 6) is 1.69. The number of alkyl halides is 1. The number of hydrogen-bond donors (Lipinski definition) is 2. The number of halogens is 1. The molecule has 4 heteroatoms. The number of benzene rings is 1. The van der Waals surface area contributed by atoms with E-state index in [4.69, 9.17) is 11.6 Å². The lowest BCUT2D eigenvalue weighted by Crippen LogP contribution is -2.65. The lowest BCUT2D eigenvalue weighted by molar-refractivity contribution is -0.164. The summed E-state index contributed by atoms with van der Waals surface area (Å²) in [5.41, 5.74) is 1.71. The Morgan fingerprint density at radius 1 is 1.13 bits per heavy atom. The summed E-state index contributed by atoms with van der Waals surface area (Å²) in [6.45, 7) is 6.53. The number of rotatable bonds is 5. The lowest BCUT2D eigenvalue weighted by atomic mass is 9.38. The highest BCUT2D eigenvalue weighted by atomic mass is 35.5. The van der Waals surface area contributed by atoms with E-state index in [-0.39, 0.29) is 27.7 Å². The molecule has 1 amide bonds. The minimum Gasteiger partial charge on any atom is -0.352 e. The van der Waals surface area contributed by atoms with Crippen LogP contribution in [0.3, 0.4) is 0 Å². The van der Waals surface area contributed by atoms with Gasteiger partial charge in [-0.25, -0.2) is 0 Å². The molecular formula is C26H37ClN2O. The van der Waals surface area contributed by atoms with Gasteiger partial charge in [-0.15, -0.1) is 11.6 Å². The van der Waals surface area contributed by atoms with Crippen LogP contribution in [0.2, 0.25) is 0 Å². The van der Waals surface area contributed by atoms with Gasteiger partial charge in [0.15, 0.2) is 0 Å². The Bertz CT molecular complexity index is 811. The second kappa shape index (κ2) is 7.24. The van der Waals surface area contributed by atoms with Crippen molar-refractivity contribution in [2.45, 2.75) is 76.7 Å². The first-order valence-electron chi connectivity index (χ1n) is 11.9. The quantitative estimate of drug-likeness (QED) is 0.646. The van der Waals surface area contributed by atoms with E-state index in [1.54, 1.807) is 0 Å². The van der Waals surface area contributed by atoms with E-state index in [0.29, 0.717) is 17.7 Å². The second-order valence-corrected chi connectivity index (χ2v) is 12.2. The molecule has 2 N–H and O–H groups in total. The maximum absolute atomic E-state index is 14.0. The molecule has 5 atom stereocenters. The highest BCUT2D eigenvalue weighted by Crippen LogP contribution is 2.71. The number of hydrogen-bond acceptors (Lipinski definition) is 2. The third-order valence-electron chi connectivity index (χ3n) is 9.12. The zero-order valence-electron chi connectivity index (χ0n) is 18.6. The van der Waals surface area contributed by atoms with Gasteiger partial charge in [-0.3, -0.25) is 4.79 Å². The molecule has 1 aromatic carbocycles. The normalized spacial score (nSPS) is 41.6. The minimum absolute atomic E-state index is 0.0984. The van der Waals surface area contributed by atoms with Crippen molar-refractivity contribution >= 4 is 17.5 Å². The molecule has 1 aromatic rings. The van der Waals surface area contributed by atoms with Crippen LogP contribution in [0.4, 0.5) is 0 Å². The van der Waals surface area contributed by atoms with Crippen molar-refractivity contribution in [3.05, 3.63) is 35.9 Å². The molecule has 1 saturated heterocycles. The van der Waals surface area contributed by atoms with Crippen LogP contribution in [0.15, 0.2) is 30.3 Å². The van der Waals surface area contributed by atoms with E-state index in [1.165, 1.54) is 24.8 Å². The smallest absolute Gasteiger partial charge is 0.226 e. The largest absolute Gasteiger partial charge is 0.352 e. The molecule has 164 valence electrons. The molecule has 6 rings (SSSR count). The molecule has 0 spiro atoms. The third-order valence-corrected chi connectivity index (χ3v) is 9.30. The summed E-state index contributed by atoms with van der Waals surface area (Å²) in [6.07, 6.45) is 8.92. The van der Waals surface area contributed by atoms with Crippen LogP contribution in [-0.4, -0.2) is 30.9 Å². The third kappa shape index (κ3) is 3.32. The average molecular weight is 429 g/mol. The summed E-state index contributed by atoms with van der Waals surface area (Å²) >= 11 is 6.34. The van der Waals surface area contributed by atoms with Gasteiger partial charge >= 0.3 is 0 Å². The number of carbonyl (C=O) groups is 1. The van der Waals surface area contributed by atoms with Gasteiger partial charge in [0.25, 0.3) is 0 Å². The molecule has 0 radical (unpaired) electrons. The molecule has 30 heavy (non-hydrogen) atoms.